The average molecular weight is 659 g/mol. The quantitative estimate of drug-likeness (QED) is 0.227. The van der Waals surface area contributed by atoms with Crippen LogP contribution in [-0.2, 0) is 24.0 Å². The van der Waals surface area contributed by atoms with Gasteiger partial charge in [-0.3, -0.25) is 24.0 Å². The monoisotopic (exact) mass is 658 g/mol. The molecule has 250 valence electrons. The van der Waals surface area contributed by atoms with Crippen molar-refractivity contribution in [2.75, 3.05) is 0 Å². The molecular formula is C33H43ClN4O8. The van der Waals surface area contributed by atoms with Crippen molar-refractivity contribution < 1.29 is 38.3 Å². The second kappa shape index (κ2) is 17.0. The molecule has 5 amide bonds. The maximum Gasteiger partial charge on any atom is 0.395 e. The van der Waals surface area contributed by atoms with Gasteiger partial charge in [-0.2, -0.15) is 0 Å². The third kappa shape index (κ3) is 9.73. The van der Waals surface area contributed by atoms with E-state index in [0.29, 0.717) is 29.2 Å². The predicted octanol–water partition coefficient (Wildman–Crippen LogP) is 4.29. The van der Waals surface area contributed by atoms with E-state index in [1.807, 2.05) is 6.92 Å². The van der Waals surface area contributed by atoms with Crippen LogP contribution in [0.25, 0.3) is 11.3 Å². The molecule has 13 heteroatoms. The number of carboxylic acids is 1. The van der Waals surface area contributed by atoms with Gasteiger partial charge >= 0.3 is 11.9 Å². The molecule has 1 saturated carbocycles. The Hall–Kier alpha value is -4.03. The topological polar surface area (TPSA) is 189 Å². The summed E-state index contributed by atoms with van der Waals surface area (Å²) in [5.74, 6) is -7.34. The summed E-state index contributed by atoms with van der Waals surface area (Å²) >= 11 is 5.96. The summed E-state index contributed by atoms with van der Waals surface area (Å²) in [6, 6.07) is 6.70. The summed E-state index contributed by atoms with van der Waals surface area (Å²) < 4.78 is 5.74. The molecule has 1 aliphatic carbocycles. The second-order valence-electron chi connectivity index (χ2n) is 11.9. The number of furan rings is 1. The van der Waals surface area contributed by atoms with E-state index in [9.17, 15) is 33.9 Å². The minimum Gasteiger partial charge on any atom is -0.474 e. The molecule has 3 rings (SSSR count). The molecule has 2 aromatic rings. The molecule has 46 heavy (non-hydrogen) atoms. The van der Waals surface area contributed by atoms with Gasteiger partial charge in [0, 0.05) is 23.0 Å². The maximum atomic E-state index is 13.8. The first-order valence-electron chi connectivity index (χ1n) is 15.7. The Balaban J connectivity index is 1.87. The highest BCUT2D eigenvalue weighted by Gasteiger charge is 2.40. The van der Waals surface area contributed by atoms with Gasteiger partial charge in [-0.15, -0.1) is 0 Å². The van der Waals surface area contributed by atoms with Gasteiger partial charge in [-0.05, 0) is 61.1 Å². The SMILES string of the molecule is CCC(N)CC(=O)N(C(=O)C(=O)O)C(=O)[C@H](CC1CCCCC1)NC(=O)[C@@H](NC(=O)c1ccc(-c2ccc(Cl)cc2)o1)[C@@H](C)CC. The van der Waals surface area contributed by atoms with E-state index in [1.165, 1.54) is 6.07 Å². The minimum absolute atomic E-state index is 0.0103. The Labute approximate surface area is 273 Å². The molecule has 0 saturated heterocycles. The number of carboxylic acid groups (broad SMARTS) is 1. The van der Waals surface area contributed by atoms with E-state index in [-0.39, 0.29) is 23.0 Å². The zero-order valence-electron chi connectivity index (χ0n) is 26.4. The van der Waals surface area contributed by atoms with Gasteiger partial charge < -0.3 is 25.9 Å². The standard InChI is InChI=1S/C33H43ClN4O8/c1-4-19(3)28(37-29(40)26-16-15-25(46-26)21-11-13-22(34)14-12-21)30(41)36-24(17-20-9-7-6-8-10-20)31(42)38(32(43)33(44)45)27(39)18-23(35)5-2/h11-16,19-20,23-24,28H,4-10,17-18,35H2,1-3H3,(H,36,41)(H,37,40)(H,44,45)/t19-,23?,24-,28-/m0/s1. The number of amides is 5. The molecule has 1 aromatic carbocycles. The summed E-state index contributed by atoms with van der Waals surface area (Å²) in [4.78, 5) is 78.3. The molecule has 0 aliphatic heterocycles. The van der Waals surface area contributed by atoms with E-state index in [4.69, 9.17) is 21.8 Å². The number of benzene rings is 1. The number of nitrogens with two attached hydrogens (primary N) is 1. The van der Waals surface area contributed by atoms with Crippen molar-refractivity contribution in [3.8, 4) is 11.3 Å². The van der Waals surface area contributed by atoms with Gasteiger partial charge in [0.1, 0.15) is 17.8 Å². The molecular weight excluding hydrogens is 616 g/mol. The summed E-state index contributed by atoms with van der Waals surface area (Å²) in [6.45, 7) is 5.29. The van der Waals surface area contributed by atoms with Crippen molar-refractivity contribution in [1.82, 2.24) is 15.5 Å². The molecule has 5 N–H and O–H groups in total. The highest BCUT2D eigenvalue weighted by Crippen LogP contribution is 2.28. The van der Waals surface area contributed by atoms with Crippen LogP contribution in [0.3, 0.4) is 0 Å². The Morgan fingerprint density at radius 2 is 1.63 bits per heavy atom. The van der Waals surface area contributed by atoms with Gasteiger partial charge in [-0.1, -0.05) is 70.9 Å². The fraction of sp³-hybridized carbons (Fsp3) is 0.515. The third-order valence-electron chi connectivity index (χ3n) is 8.47. The zero-order valence-corrected chi connectivity index (χ0v) is 27.2. The number of nitrogens with one attached hydrogen (secondary N) is 2. The summed E-state index contributed by atoms with van der Waals surface area (Å²) in [6.07, 6.45) is 4.86. The molecule has 1 heterocycles. The molecule has 1 fully saturated rings. The molecule has 4 atom stereocenters. The molecule has 0 radical (unpaired) electrons. The van der Waals surface area contributed by atoms with Crippen LogP contribution < -0.4 is 16.4 Å². The van der Waals surface area contributed by atoms with E-state index >= 15 is 0 Å². The van der Waals surface area contributed by atoms with Crippen molar-refractivity contribution in [1.29, 1.82) is 0 Å². The van der Waals surface area contributed by atoms with Crippen LogP contribution in [0.15, 0.2) is 40.8 Å². The Morgan fingerprint density at radius 3 is 2.22 bits per heavy atom. The average Bonchev–Trinajstić information content (AvgIpc) is 3.54. The lowest BCUT2D eigenvalue weighted by Crippen LogP contribution is -2.59. The number of carbonyl (C=O) groups is 6. The fourth-order valence-electron chi connectivity index (χ4n) is 5.43. The fourth-order valence-corrected chi connectivity index (χ4v) is 5.56. The zero-order chi connectivity index (χ0) is 34.0. The Bertz CT molecular complexity index is 1400. The predicted molar refractivity (Wildman–Crippen MR) is 170 cm³/mol. The second-order valence-corrected chi connectivity index (χ2v) is 12.3. The van der Waals surface area contributed by atoms with Gasteiger partial charge in [0.2, 0.25) is 11.8 Å². The number of carbonyl (C=O) groups excluding carboxylic acids is 5. The van der Waals surface area contributed by atoms with Gasteiger partial charge in [0.05, 0.1) is 0 Å². The number of halogens is 1. The number of imide groups is 3. The first-order valence-corrected chi connectivity index (χ1v) is 16.1. The largest absolute Gasteiger partial charge is 0.474 e. The maximum absolute atomic E-state index is 13.8. The van der Waals surface area contributed by atoms with Crippen LogP contribution in [0.1, 0.15) is 89.1 Å². The number of rotatable bonds is 13. The van der Waals surface area contributed by atoms with Crippen LogP contribution in [-0.4, -0.2) is 63.6 Å². The number of aliphatic carboxylic acids is 1. The smallest absolute Gasteiger partial charge is 0.395 e. The van der Waals surface area contributed by atoms with Crippen LogP contribution in [0, 0.1) is 11.8 Å². The Kier molecular flexibility index (Phi) is 13.5. The van der Waals surface area contributed by atoms with Crippen molar-refractivity contribution in [2.24, 2.45) is 17.6 Å². The van der Waals surface area contributed by atoms with E-state index in [0.717, 1.165) is 32.1 Å². The third-order valence-corrected chi connectivity index (χ3v) is 8.72. The van der Waals surface area contributed by atoms with Crippen molar-refractivity contribution in [3.63, 3.8) is 0 Å². The lowest BCUT2D eigenvalue weighted by molar-refractivity contribution is -0.165. The van der Waals surface area contributed by atoms with Gasteiger partial charge in [0.25, 0.3) is 11.8 Å². The van der Waals surface area contributed by atoms with Crippen molar-refractivity contribution in [3.05, 3.63) is 47.2 Å². The summed E-state index contributed by atoms with van der Waals surface area (Å²) in [5, 5.41) is 15.3. The highest BCUT2D eigenvalue weighted by atomic mass is 35.5. The summed E-state index contributed by atoms with van der Waals surface area (Å²) in [7, 11) is 0. The van der Waals surface area contributed by atoms with Crippen LogP contribution >= 0.6 is 11.6 Å². The molecule has 1 unspecified atom stereocenters. The Morgan fingerprint density at radius 1 is 0.978 bits per heavy atom. The van der Waals surface area contributed by atoms with Crippen LogP contribution in [0.2, 0.25) is 5.02 Å². The number of hydrogen-bond acceptors (Lipinski definition) is 8. The summed E-state index contributed by atoms with van der Waals surface area (Å²) in [5.41, 5.74) is 6.57. The molecule has 0 bridgehead atoms. The molecule has 0 spiro atoms. The van der Waals surface area contributed by atoms with Crippen LogP contribution in [0.5, 0.6) is 0 Å². The van der Waals surface area contributed by atoms with Crippen molar-refractivity contribution in [2.45, 2.75) is 96.7 Å². The molecule has 12 nitrogen and oxygen atoms in total. The lowest BCUT2D eigenvalue weighted by Gasteiger charge is -2.31. The van der Waals surface area contributed by atoms with Crippen LogP contribution in [0.4, 0.5) is 0 Å². The van der Waals surface area contributed by atoms with Gasteiger partial charge in [-0.25, -0.2) is 9.69 Å². The number of hydrogen-bond donors (Lipinski definition) is 4. The first kappa shape index (κ1) is 36.4. The van der Waals surface area contributed by atoms with E-state index < -0.39 is 66.0 Å². The van der Waals surface area contributed by atoms with Crippen molar-refractivity contribution >= 4 is 47.1 Å². The first-order chi connectivity index (χ1) is 21.9. The normalized spacial score (nSPS) is 16.0. The number of nitrogens with zero attached hydrogens (tertiary/aromatic N) is 1. The van der Waals surface area contributed by atoms with Gasteiger partial charge in [0.15, 0.2) is 5.76 Å². The molecule has 1 aromatic heterocycles. The van der Waals surface area contributed by atoms with E-state index in [2.05, 4.69) is 10.6 Å². The minimum atomic E-state index is -1.99. The lowest BCUT2D eigenvalue weighted by atomic mass is 9.84. The van der Waals surface area contributed by atoms with E-state index in [1.54, 1.807) is 44.2 Å². The highest BCUT2D eigenvalue weighted by molar-refractivity contribution is 6.38. The molecule has 1 aliphatic rings.